The normalized spacial score (nSPS) is 11.4. The Bertz CT molecular complexity index is 429. The van der Waals surface area contributed by atoms with E-state index in [1.54, 1.807) is 0 Å². The van der Waals surface area contributed by atoms with Crippen molar-refractivity contribution in [2.75, 3.05) is 20.6 Å². The average molecular weight is 410 g/mol. The van der Waals surface area contributed by atoms with E-state index in [0.29, 0.717) is 0 Å². The third-order valence-electron chi connectivity index (χ3n) is 6.03. The lowest BCUT2D eigenvalue weighted by Crippen LogP contribution is -3.00. The molecular formula is C26H48ClN. The summed E-state index contributed by atoms with van der Waals surface area (Å²) in [6.07, 6.45) is 23.1. The Hall–Kier alpha value is -0.530. The van der Waals surface area contributed by atoms with Crippen LogP contribution in [0.25, 0.3) is 0 Å². The van der Waals surface area contributed by atoms with Gasteiger partial charge in [0.15, 0.2) is 0 Å². The van der Waals surface area contributed by atoms with Crippen LogP contribution in [0.15, 0.2) is 30.3 Å². The van der Waals surface area contributed by atoms with Crippen LogP contribution in [-0.4, -0.2) is 20.6 Å². The molecular weight excluding hydrogens is 362 g/mol. The molecule has 1 nitrogen and oxygen atoms in total. The van der Waals surface area contributed by atoms with Crippen molar-refractivity contribution in [2.45, 2.75) is 110 Å². The predicted octanol–water partition coefficient (Wildman–Crippen LogP) is 5.52. The molecule has 0 aliphatic carbocycles. The Morgan fingerprint density at radius 1 is 0.536 bits per heavy atom. The van der Waals surface area contributed by atoms with Crippen molar-refractivity contribution in [3.8, 4) is 0 Å². The first kappa shape index (κ1) is 27.5. The molecule has 0 unspecified atom stereocenters. The van der Waals surface area contributed by atoms with Gasteiger partial charge in [-0.3, -0.25) is 4.48 Å². The Morgan fingerprint density at radius 2 is 0.893 bits per heavy atom. The molecule has 1 aromatic carbocycles. The minimum absolute atomic E-state index is 0. The molecule has 0 saturated carbocycles. The first-order chi connectivity index (χ1) is 13.2. The van der Waals surface area contributed by atoms with Gasteiger partial charge in [0.25, 0.3) is 0 Å². The van der Waals surface area contributed by atoms with Gasteiger partial charge in [-0.1, -0.05) is 115 Å². The molecule has 0 amide bonds. The summed E-state index contributed by atoms with van der Waals surface area (Å²) in [4.78, 5) is 0. The summed E-state index contributed by atoms with van der Waals surface area (Å²) in [6.45, 7) is 3.55. The van der Waals surface area contributed by atoms with Crippen LogP contribution in [0.2, 0.25) is 0 Å². The van der Waals surface area contributed by atoms with E-state index in [1.807, 2.05) is 0 Å². The third-order valence-corrected chi connectivity index (χ3v) is 6.03. The van der Waals surface area contributed by atoms with Gasteiger partial charge in [-0.25, -0.2) is 0 Å². The van der Waals surface area contributed by atoms with Crippen molar-refractivity contribution in [3.63, 3.8) is 0 Å². The fourth-order valence-corrected chi connectivity index (χ4v) is 4.02. The highest BCUT2D eigenvalue weighted by Gasteiger charge is 2.17. The van der Waals surface area contributed by atoms with Crippen molar-refractivity contribution < 1.29 is 12.4 Å². The lowest BCUT2D eigenvalue weighted by molar-refractivity contribution is -0.00000604. The van der Waals surface area contributed by atoms with Gasteiger partial charge in [0.1, 0.15) is 5.69 Å². The van der Waals surface area contributed by atoms with E-state index < -0.39 is 0 Å². The zero-order valence-electron chi connectivity index (χ0n) is 19.2. The second kappa shape index (κ2) is 18.5. The van der Waals surface area contributed by atoms with Gasteiger partial charge in [-0.05, 0) is 25.0 Å². The highest BCUT2D eigenvalue weighted by Crippen LogP contribution is 2.19. The molecule has 0 fully saturated rings. The van der Waals surface area contributed by atoms with Crippen molar-refractivity contribution >= 4 is 5.69 Å². The first-order valence-corrected chi connectivity index (χ1v) is 12.1. The third kappa shape index (κ3) is 14.5. The molecule has 0 heterocycles. The van der Waals surface area contributed by atoms with E-state index >= 15 is 0 Å². The quantitative estimate of drug-likeness (QED) is 0.221. The van der Waals surface area contributed by atoms with E-state index in [-0.39, 0.29) is 12.4 Å². The molecule has 0 aromatic heterocycles. The summed E-state index contributed by atoms with van der Waals surface area (Å²) < 4.78 is 1.01. The number of nitrogens with zero attached hydrogens (tertiary/aromatic N) is 1. The van der Waals surface area contributed by atoms with Gasteiger partial charge >= 0.3 is 0 Å². The second-order valence-corrected chi connectivity index (χ2v) is 9.05. The van der Waals surface area contributed by atoms with E-state index in [2.05, 4.69) is 51.4 Å². The Kier molecular flexibility index (Phi) is 18.1. The molecule has 0 spiro atoms. The second-order valence-electron chi connectivity index (χ2n) is 9.05. The molecule has 0 aliphatic heterocycles. The van der Waals surface area contributed by atoms with Crippen LogP contribution in [0, 0.1) is 0 Å². The van der Waals surface area contributed by atoms with Crippen LogP contribution >= 0.6 is 0 Å². The minimum Gasteiger partial charge on any atom is -1.00 e. The molecule has 0 aliphatic rings. The van der Waals surface area contributed by atoms with Crippen LogP contribution in [0.3, 0.4) is 0 Å². The molecule has 0 N–H and O–H groups in total. The zero-order chi connectivity index (χ0) is 19.6. The number of hydrogen-bond acceptors (Lipinski definition) is 0. The van der Waals surface area contributed by atoms with Gasteiger partial charge in [0, 0.05) is 0 Å². The Balaban J connectivity index is 0.00000729. The SMILES string of the molecule is CCCCCCCCCCCCCCCCCC[N+](C)(C)c1ccccc1.[Cl-]. The number of quaternary nitrogens is 1. The maximum absolute atomic E-state index is 2.33. The fourth-order valence-electron chi connectivity index (χ4n) is 4.02. The number of para-hydroxylation sites is 1. The van der Waals surface area contributed by atoms with Crippen LogP contribution in [0.1, 0.15) is 110 Å². The lowest BCUT2D eigenvalue weighted by Gasteiger charge is -2.29. The molecule has 2 heteroatoms. The van der Waals surface area contributed by atoms with E-state index in [0.717, 1.165) is 4.48 Å². The number of hydrogen-bond donors (Lipinski definition) is 0. The largest absolute Gasteiger partial charge is 1.00 e. The van der Waals surface area contributed by atoms with Crippen LogP contribution in [0.5, 0.6) is 0 Å². The molecule has 0 radical (unpaired) electrons. The standard InChI is InChI=1S/C26H48N.ClH/c1-4-5-6-7-8-9-10-11-12-13-14-15-16-17-18-22-25-27(2,3)26-23-20-19-21-24-26;/h19-21,23-24H,4-18,22,25H2,1-3H3;1H/q+1;/p-1. The summed E-state index contributed by atoms with van der Waals surface area (Å²) >= 11 is 0. The number of unbranched alkanes of at least 4 members (excludes halogenated alkanes) is 15. The summed E-state index contributed by atoms with van der Waals surface area (Å²) in [7, 11) is 4.67. The van der Waals surface area contributed by atoms with Crippen molar-refractivity contribution in [2.24, 2.45) is 0 Å². The van der Waals surface area contributed by atoms with E-state index in [4.69, 9.17) is 0 Å². The summed E-state index contributed by atoms with van der Waals surface area (Å²) in [6, 6.07) is 10.9. The fraction of sp³-hybridized carbons (Fsp3) is 0.769. The topological polar surface area (TPSA) is 0 Å². The zero-order valence-corrected chi connectivity index (χ0v) is 20.0. The van der Waals surface area contributed by atoms with Crippen molar-refractivity contribution in [1.82, 2.24) is 4.48 Å². The molecule has 0 saturated heterocycles. The molecule has 1 rings (SSSR count). The van der Waals surface area contributed by atoms with Crippen molar-refractivity contribution in [3.05, 3.63) is 30.3 Å². The molecule has 28 heavy (non-hydrogen) atoms. The Labute approximate surface area is 183 Å². The van der Waals surface area contributed by atoms with Gasteiger partial charge < -0.3 is 12.4 Å². The molecule has 1 aromatic rings. The summed E-state index contributed by atoms with van der Waals surface area (Å²) in [5, 5.41) is 0. The average Bonchev–Trinajstić information content (AvgIpc) is 2.68. The maximum atomic E-state index is 2.33. The lowest BCUT2D eigenvalue weighted by atomic mass is 10.0. The summed E-state index contributed by atoms with van der Waals surface area (Å²) in [5.41, 5.74) is 1.43. The van der Waals surface area contributed by atoms with Crippen LogP contribution < -0.4 is 16.9 Å². The highest BCUT2D eigenvalue weighted by molar-refractivity contribution is 5.40. The number of halogens is 1. The molecule has 164 valence electrons. The predicted molar refractivity (Wildman–Crippen MR) is 124 cm³/mol. The maximum Gasteiger partial charge on any atom is 0.132 e. The van der Waals surface area contributed by atoms with Crippen LogP contribution in [0.4, 0.5) is 5.69 Å². The van der Waals surface area contributed by atoms with Gasteiger partial charge in [0.05, 0.1) is 20.6 Å². The summed E-state index contributed by atoms with van der Waals surface area (Å²) in [5.74, 6) is 0. The van der Waals surface area contributed by atoms with E-state index in [9.17, 15) is 0 Å². The van der Waals surface area contributed by atoms with Crippen LogP contribution in [-0.2, 0) is 0 Å². The minimum atomic E-state index is 0. The van der Waals surface area contributed by atoms with Gasteiger partial charge in [0.2, 0.25) is 0 Å². The van der Waals surface area contributed by atoms with E-state index in [1.165, 1.54) is 115 Å². The Morgan fingerprint density at radius 3 is 1.29 bits per heavy atom. The monoisotopic (exact) mass is 409 g/mol. The number of benzene rings is 1. The van der Waals surface area contributed by atoms with Crippen molar-refractivity contribution in [1.29, 1.82) is 0 Å². The van der Waals surface area contributed by atoms with Gasteiger partial charge in [-0.2, -0.15) is 0 Å². The molecule has 0 atom stereocenters. The molecule has 0 bridgehead atoms. The first-order valence-electron chi connectivity index (χ1n) is 12.1. The highest BCUT2D eigenvalue weighted by atomic mass is 35.5. The smallest absolute Gasteiger partial charge is 0.132 e. The number of rotatable bonds is 18. The van der Waals surface area contributed by atoms with Gasteiger partial charge in [-0.15, -0.1) is 0 Å².